The van der Waals surface area contributed by atoms with E-state index in [9.17, 15) is 4.79 Å². The fraction of sp³-hybridized carbons (Fsp3) is 0.533. The minimum Gasteiger partial charge on any atom is -0.362 e. The van der Waals surface area contributed by atoms with Crippen LogP contribution in [0.15, 0.2) is 24.3 Å². The number of carbonyl (C=O) groups is 1. The van der Waals surface area contributed by atoms with Crippen LogP contribution in [-0.2, 0) is 11.3 Å². The van der Waals surface area contributed by atoms with E-state index in [1.54, 1.807) is 0 Å². The summed E-state index contributed by atoms with van der Waals surface area (Å²) in [6.45, 7) is 6.74. The maximum absolute atomic E-state index is 11.8. The maximum Gasteiger partial charge on any atom is 0.239 e. The normalized spacial score (nSPS) is 10.3. The van der Waals surface area contributed by atoms with Crippen LogP contribution in [0.2, 0.25) is 0 Å². The van der Waals surface area contributed by atoms with Gasteiger partial charge in [-0.1, -0.05) is 26.0 Å². The standard InChI is InChI=1S/C15H25N3O/c1-3-9-17-15(19)12-18(10-4-2)14-7-5-13(11-16)6-8-14/h5-8H,3-4,9-12,16H2,1-2H3,(H,17,19). The molecule has 0 aromatic heterocycles. The lowest BCUT2D eigenvalue weighted by molar-refractivity contribution is -0.119. The van der Waals surface area contributed by atoms with Gasteiger partial charge < -0.3 is 16.0 Å². The van der Waals surface area contributed by atoms with Crippen molar-refractivity contribution in [3.8, 4) is 0 Å². The van der Waals surface area contributed by atoms with Crippen molar-refractivity contribution >= 4 is 11.6 Å². The lowest BCUT2D eigenvalue weighted by Gasteiger charge is -2.24. The highest BCUT2D eigenvalue weighted by Gasteiger charge is 2.10. The van der Waals surface area contributed by atoms with Crippen LogP contribution >= 0.6 is 0 Å². The Morgan fingerprint density at radius 2 is 1.89 bits per heavy atom. The average Bonchev–Trinajstić information content (AvgIpc) is 2.45. The smallest absolute Gasteiger partial charge is 0.239 e. The molecule has 0 aliphatic heterocycles. The van der Waals surface area contributed by atoms with E-state index in [1.807, 2.05) is 24.3 Å². The van der Waals surface area contributed by atoms with Crippen LogP contribution in [0.5, 0.6) is 0 Å². The zero-order valence-electron chi connectivity index (χ0n) is 12.0. The summed E-state index contributed by atoms with van der Waals surface area (Å²) < 4.78 is 0. The summed E-state index contributed by atoms with van der Waals surface area (Å²) in [7, 11) is 0. The minimum absolute atomic E-state index is 0.0817. The predicted molar refractivity (Wildman–Crippen MR) is 80.1 cm³/mol. The molecular formula is C15H25N3O. The second kappa shape index (κ2) is 8.53. The van der Waals surface area contributed by atoms with E-state index in [4.69, 9.17) is 5.73 Å². The van der Waals surface area contributed by atoms with Crippen LogP contribution in [0.3, 0.4) is 0 Å². The predicted octanol–water partition coefficient (Wildman–Crippen LogP) is 1.89. The Labute approximate surface area is 116 Å². The highest BCUT2D eigenvalue weighted by Crippen LogP contribution is 2.15. The number of nitrogens with two attached hydrogens (primary N) is 1. The van der Waals surface area contributed by atoms with E-state index >= 15 is 0 Å². The van der Waals surface area contributed by atoms with Crippen LogP contribution in [0.25, 0.3) is 0 Å². The van der Waals surface area contributed by atoms with Crippen LogP contribution < -0.4 is 16.0 Å². The molecule has 0 saturated carbocycles. The van der Waals surface area contributed by atoms with Gasteiger partial charge in [-0.2, -0.15) is 0 Å². The number of hydrogen-bond acceptors (Lipinski definition) is 3. The third-order valence-corrected chi connectivity index (χ3v) is 2.94. The molecule has 0 spiro atoms. The second-order valence-corrected chi connectivity index (χ2v) is 4.64. The molecule has 0 fully saturated rings. The second-order valence-electron chi connectivity index (χ2n) is 4.64. The van der Waals surface area contributed by atoms with Gasteiger partial charge in [0.15, 0.2) is 0 Å². The molecule has 1 rings (SSSR count). The van der Waals surface area contributed by atoms with Gasteiger partial charge in [-0.3, -0.25) is 4.79 Å². The molecule has 0 unspecified atom stereocenters. The first-order chi connectivity index (χ1) is 9.21. The van der Waals surface area contributed by atoms with Crippen LogP contribution in [0.4, 0.5) is 5.69 Å². The summed E-state index contributed by atoms with van der Waals surface area (Å²) in [6.07, 6.45) is 1.98. The molecule has 0 saturated heterocycles. The van der Waals surface area contributed by atoms with E-state index in [0.29, 0.717) is 13.1 Å². The van der Waals surface area contributed by atoms with Gasteiger partial charge in [0.2, 0.25) is 5.91 Å². The van der Waals surface area contributed by atoms with Crippen molar-refractivity contribution in [3.63, 3.8) is 0 Å². The zero-order valence-corrected chi connectivity index (χ0v) is 12.0. The third kappa shape index (κ3) is 5.30. The van der Waals surface area contributed by atoms with Crippen LogP contribution in [-0.4, -0.2) is 25.5 Å². The molecule has 4 heteroatoms. The summed E-state index contributed by atoms with van der Waals surface area (Å²) in [6, 6.07) is 8.10. The molecule has 19 heavy (non-hydrogen) atoms. The first kappa shape index (κ1) is 15.5. The van der Waals surface area contributed by atoms with Gasteiger partial charge in [-0.05, 0) is 30.5 Å². The van der Waals surface area contributed by atoms with Crippen LogP contribution in [0.1, 0.15) is 32.3 Å². The Hall–Kier alpha value is -1.55. The molecule has 0 aliphatic rings. The van der Waals surface area contributed by atoms with E-state index < -0.39 is 0 Å². The van der Waals surface area contributed by atoms with Gasteiger partial charge in [-0.15, -0.1) is 0 Å². The molecule has 106 valence electrons. The molecule has 1 aromatic carbocycles. The van der Waals surface area contributed by atoms with Gasteiger partial charge in [0.05, 0.1) is 6.54 Å². The monoisotopic (exact) mass is 263 g/mol. The summed E-state index contributed by atoms with van der Waals surface area (Å²) >= 11 is 0. The summed E-state index contributed by atoms with van der Waals surface area (Å²) in [5.41, 5.74) is 7.77. The van der Waals surface area contributed by atoms with Gasteiger partial charge in [0.25, 0.3) is 0 Å². The SMILES string of the molecule is CCCNC(=O)CN(CCC)c1ccc(CN)cc1. The number of carbonyl (C=O) groups excluding carboxylic acids is 1. The molecule has 0 atom stereocenters. The Bertz CT molecular complexity index is 375. The Morgan fingerprint density at radius 3 is 2.42 bits per heavy atom. The molecule has 1 aromatic rings. The number of rotatable bonds is 8. The molecule has 0 aliphatic carbocycles. The summed E-state index contributed by atoms with van der Waals surface area (Å²) in [4.78, 5) is 13.9. The largest absolute Gasteiger partial charge is 0.362 e. The number of nitrogens with one attached hydrogen (secondary N) is 1. The average molecular weight is 263 g/mol. The molecule has 4 nitrogen and oxygen atoms in total. The van der Waals surface area contributed by atoms with E-state index in [0.717, 1.165) is 37.2 Å². The van der Waals surface area contributed by atoms with Crippen molar-refractivity contribution in [1.29, 1.82) is 0 Å². The number of amides is 1. The maximum atomic E-state index is 11.8. The molecule has 0 heterocycles. The van der Waals surface area contributed by atoms with Gasteiger partial charge in [0.1, 0.15) is 0 Å². The van der Waals surface area contributed by atoms with Gasteiger partial charge >= 0.3 is 0 Å². The van der Waals surface area contributed by atoms with E-state index in [2.05, 4.69) is 24.1 Å². The van der Waals surface area contributed by atoms with Gasteiger partial charge in [0, 0.05) is 25.3 Å². The minimum atomic E-state index is 0.0817. The van der Waals surface area contributed by atoms with Crippen molar-refractivity contribution in [2.75, 3.05) is 24.5 Å². The lowest BCUT2D eigenvalue weighted by atomic mass is 10.2. The summed E-state index contributed by atoms with van der Waals surface area (Å²) in [5.74, 6) is 0.0817. The molecule has 1 amide bonds. The quantitative estimate of drug-likeness (QED) is 0.753. The first-order valence-electron chi connectivity index (χ1n) is 7.01. The number of nitrogens with zero attached hydrogens (tertiary/aromatic N) is 1. The Balaban J connectivity index is 2.67. The first-order valence-corrected chi connectivity index (χ1v) is 7.01. The lowest BCUT2D eigenvalue weighted by Crippen LogP contribution is -2.38. The van der Waals surface area contributed by atoms with Crippen molar-refractivity contribution in [2.45, 2.75) is 33.2 Å². The topological polar surface area (TPSA) is 58.4 Å². The molecule has 0 bridgehead atoms. The zero-order chi connectivity index (χ0) is 14.1. The molecule has 0 radical (unpaired) electrons. The fourth-order valence-electron chi connectivity index (χ4n) is 1.91. The van der Waals surface area contributed by atoms with Crippen molar-refractivity contribution < 1.29 is 4.79 Å². The van der Waals surface area contributed by atoms with Crippen molar-refractivity contribution in [2.24, 2.45) is 5.73 Å². The van der Waals surface area contributed by atoms with E-state index in [1.165, 1.54) is 0 Å². The molecule has 3 N–H and O–H groups in total. The molecular weight excluding hydrogens is 238 g/mol. The van der Waals surface area contributed by atoms with Gasteiger partial charge in [-0.25, -0.2) is 0 Å². The van der Waals surface area contributed by atoms with Crippen LogP contribution in [0, 0.1) is 0 Å². The fourth-order valence-corrected chi connectivity index (χ4v) is 1.91. The Kier molecular flexibility index (Phi) is 6.97. The summed E-state index contributed by atoms with van der Waals surface area (Å²) in [5, 5.41) is 2.91. The highest BCUT2D eigenvalue weighted by atomic mass is 16.2. The number of hydrogen-bond donors (Lipinski definition) is 2. The van der Waals surface area contributed by atoms with Crippen molar-refractivity contribution in [3.05, 3.63) is 29.8 Å². The number of benzene rings is 1. The van der Waals surface area contributed by atoms with E-state index in [-0.39, 0.29) is 5.91 Å². The highest BCUT2D eigenvalue weighted by molar-refractivity contribution is 5.81. The number of anilines is 1. The van der Waals surface area contributed by atoms with Crippen molar-refractivity contribution in [1.82, 2.24) is 5.32 Å². The Morgan fingerprint density at radius 1 is 1.21 bits per heavy atom. The third-order valence-electron chi connectivity index (χ3n) is 2.94.